The van der Waals surface area contributed by atoms with E-state index in [1.165, 1.54) is 6.42 Å². The molecule has 0 aromatic rings. The first-order chi connectivity index (χ1) is 15.8. The van der Waals surface area contributed by atoms with Crippen molar-refractivity contribution in [3.8, 4) is 0 Å². The third kappa shape index (κ3) is 4.94. The Morgan fingerprint density at radius 3 is 2.41 bits per heavy atom. The summed E-state index contributed by atoms with van der Waals surface area (Å²) in [4.78, 5) is 12.2. The molecular weight excluding hydrogens is 454 g/mol. The number of hydrogen-bond acceptors (Lipinski definition) is 5. The number of fused-ring (bicyclic) bond motifs is 5. The maximum absolute atomic E-state index is 12.2. The van der Waals surface area contributed by atoms with Crippen molar-refractivity contribution in [2.75, 3.05) is 12.3 Å². The molecule has 0 radical (unpaired) electrons. The fourth-order valence-electron chi connectivity index (χ4n) is 9.14. The van der Waals surface area contributed by atoms with Gasteiger partial charge in [-0.3, -0.25) is 9.35 Å². The predicted octanol–water partition coefficient (Wildman–Crippen LogP) is 3.40. The van der Waals surface area contributed by atoms with Crippen LogP contribution >= 0.6 is 0 Å². The molecule has 0 aliphatic heterocycles. The molecule has 4 rings (SSSR count). The van der Waals surface area contributed by atoms with Gasteiger partial charge in [0.15, 0.2) is 0 Å². The summed E-state index contributed by atoms with van der Waals surface area (Å²) in [5, 5.41) is 24.2. The van der Waals surface area contributed by atoms with E-state index in [0.29, 0.717) is 41.9 Å². The number of aliphatic hydroxyl groups excluding tert-OH is 2. The van der Waals surface area contributed by atoms with E-state index in [-0.39, 0.29) is 35.5 Å². The number of rotatable bonds is 7. The highest BCUT2D eigenvalue weighted by Gasteiger charge is 2.62. The van der Waals surface area contributed by atoms with Gasteiger partial charge >= 0.3 is 0 Å². The van der Waals surface area contributed by atoms with Crippen LogP contribution in [0.25, 0.3) is 0 Å². The Kier molecular flexibility index (Phi) is 7.47. The Morgan fingerprint density at radius 1 is 1.03 bits per heavy atom. The van der Waals surface area contributed by atoms with Crippen LogP contribution in [-0.2, 0) is 14.9 Å². The molecule has 4 aliphatic rings. The van der Waals surface area contributed by atoms with Crippen molar-refractivity contribution < 1.29 is 28.0 Å². The molecule has 0 saturated heterocycles. The minimum absolute atomic E-state index is 0.0625. The normalized spacial score (nSPS) is 45.1. The van der Waals surface area contributed by atoms with Crippen LogP contribution in [0.3, 0.4) is 0 Å². The summed E-state index contributed by atoms with van der Waals surface area (Å²) in [5.74, 6) is 2.10. The highest BCUT2D eigenvalue weighted by atomic mass is 32.2. The largest absolute Gasteiger partial charge is 0.393 e. The van der Waals surface area contributed by atoms with Crippen molar-refractivity contribution in [3.05, 3.63) is 0 Å². The van der Waals surface area contributed by atoms with Crippen LogP contribution < -0.4 is 5.32 Å². The summed E-state index contributed by atoms with van der Waals surface area (Å²) in [6.45, 7) is 7.05. The average molecular weight is 500 g/mol. The number of hydrogen-bond donors (Lipinski definition) is 4. The maximum Gasteiger partial charge on any atom is 0.266 e. The van der Waals surface area contributed by atoms with Crippen molar-refractivity contribution in [2.24, 2.45) is 46.3 Å². The van der Waals surface area contributed by atoms with Crippen LogP contribution in [-0.4, -0.2) is 53.6 Å². The van der Waals surface area contributed by atoms with Crippen LogP contribution in [0.5, 0.6) is 0 Å². The summed E-state index contributed by atoms with van der Waals surface area (Å²) < 4.78 is 30.5. The summed E-state index contributed by atoms with van der Waals surface area (Å²) in [6.07, 6.45) is 8.87. The minimum Gasteiger partial charge on any atom is -0.393 e. The van der Waals surface area contributed by atoms with Crippen molar-refractivity contribution >= 4 is 16.0 Å². The molecule has 0 aromatic heterocycles. The third-order valence-corrected chi connectivity index (χ3v) is 11.6. The Bertz CT molecular complexity index is 863. The van der Waals surface area contributed by atoms with Gasteiger partial charge in [-0.2, -0.15) is 8.42 Å². The minimum atomic E-state index is -4.06. The van der Waals surface area contributed by atoms with Gasteiger partial charge in [0.1, 0.15) is 0 Å². The molecule has 4 fully saturated rings. The first kappa shape index (κ1) is 26.4. The lowest BCUT2D eigenvalue weighted by Crippen LogP contribution is -2.58. The zero-order valence-electron chi connectivity index (χ0n) is 21.1. The second-order valence-corrected chi connectivity index (χ2v) is 14.2. The highest BCUT2D eigenvalue weighted by molar-refractivity contribution is 7.85. The summed E-state index contributed by atoms with van der Waals surface area (Å²) >= 11 is 0. The zero-order chi connectivity index (χ0) is 24.9. The van der Waals surface area contributed by atoms with Gasteiger partial charge < -0.3 is 15.5 Å². The van der Waals surface area contributed by atoms with Crippen LogP contribution in [0, 0.1) is 46.3 Å². The number of amides is 1. The first-order valence-corrected chi connectivity index (χ1v) is 15.0. The fraction of sp³-hybridized carbons (Fsp3) is 0.962. The monoisotopic (exact) mass is 499 g/mol. The van der Waals surface area contributed by atoms with Crippen molar-refractivity contribution in [1.82, 2.24) is 5.32 Å². The molecule has 0 bridgehead atoms. The molecule has 0 heterocycles. The van der Waals surface area contributed by atoms with Gasteiger partial charge in [0.05, 0.1) is 18.0 Å². The number of carbonyl (C=O) groups excluding carboxylic acids is 1. The molecule has 4 N–H and O–H groups in total. The molecule has 8 heteroatoms. The second-order valence-electron chi connectivity index (χ2n) is 12.6. The molecule has 10 atom stereocenters. The van der Waals surface area contributed by atoms with E-state index >= 15 is 0 Å². The van der Waals surface area contributed by atoms with Gasteiger partial charge in [-0.25, -0.2) is 0 Å². The number of carbonyl (C=O) groups is 1. The molecular formula is C26H45NO6S. The Labute approximate surface area is 205 Å². The maximum atomic E-state index is 12.2. The van der Waals surface area contributed by atoms with E-state index in [4.69, 9.17) is 4.55 Å². The smallest absolute Gasteiger partial charge is 0.266 e. The van der Waals surface area contributed by atoms with E-state index in [0.717, 1.165) is 51.4 Å². The molecule has 4 aliphatic carbocycles. The fourth-order valence-corrected chi connectivity index (χ4v) is 9.50. The second kappa shape index (κ2) is 9.64. The van der Waals surface area contributed by atoms with Crippen LogP contribution in [0.15, 0.2) is 0 Å². The molecule has 196 valence electrons. The van der Waals surface area contributed by atoms with Gasteiger partial charge in [0.2, 0.25) is 5.91 Å². The standard InChI is InChI=1S/C26H45NO6S/c1-16(4-7-23(30)27-12-13-34(31,32)33)19-5-6-20-24-21(9-11-26(19,20)3)25(2)10-8-18(28)14-17(25)15-22(24)29/h16-22,24,28-29H,4-15H2,1-3H3,(H,27,30)(H,31,32,33)/t16-,17+,18-,19-,20-,21-,22+,24+,25+,26-/m1/s1. The van der Waals surface area contributed by atoms with Gasteiger partial charge in [-0.1, -0.05) is 20.8 Å². The Morgan fingerprint density at radius 2 is 1.71 bits per heavy atom. The van der Waals surface area contributed by atoms with Gasteiger partial charge in [-0.15, -0.1) is 0 Å². The molecule has 0 spiro atoms. The van der Waals surface area contributed by atoms with Gasteiger partial charge in [-0.05, 0) is 104 Å². The Balaban J connectivity index is 1.39. The summed E-state index contributed by atoms with van der Waals surface area (Å²) in [7, 11) is -4.06. The van der Waals surface area contributed by atoms with E-state index in [2.05, 4.69) is 26.1 Å². The van der Waals surface area contributed by atoms with Crippen molar-refractivity contribution in [1.29, 1.82) is 0 Å². The van der Waals surface area contributed by atoms with Crippen molar-refractivity contribution in [2.45, 2.75) is 97.2 Å². The van der Waals surface area contributed by atoms with Crippen LogP contribution in [0.2, 0.25) is 0 Å². The molecule has 34 heavy (non-hydrogen) atoms. The average Bonchev–Trinajstić information content (AvgIpc) is 3.09. The highest BCUT2D eigenvalue weighted by Crippen LogP contribution is 2.68. The molecule has 4 saturated carbocycles. The zero-order valence-corrected chi connectivity index (χ0v) is 21.9. The lowest BCUT2D eigenvalue weighted by Gasteiger charge is -2.62. The SMILES string of the molecule is C[C@H](CCC(=O)NCCS(=O)(=O)O)[C@H]1CC[C@@H]2[C@H]3[C@@H](CC[C@@]21C)[C@@]1(C)CC[C@@H](O)C[C@H]1C[C@@H]3O. The lowest BCUT2D eigenvalue weighted by molar-refractivity contribution is -0.174. The van der Waals surface area contributed by atoms with E-state index in [1.807, 2.05) is 0 Å². The van der Waals surface area contributed by atoms with Crippen LogP contribution in [0.1, 0.15) is 85.0 Å². The van der Waals surface area contributed by atoms with E-state index in [9.17, 15) is 23.4 Å². The predicted molar refractivity (Wildman–Crippen MR) is 130 cm³/mol. The Hall–Kier alpha value is -0.700. The number of nitrogens with one attached hydrogen (secondary N) is 1. The molecule has 0 unspecified atom stereocenters. The van der Waals surface area contributed by atoms with Crippen LogP contribution in [0.4, 0.5) is 0 Å². The van der Waals surface area contributed by atoms with Crippen molar-refractivity contribution in [3.63, 3.8) is 0 Å². The summed E-state index contributed by atoms with van der Waals surface area (Å²) in [6, 6.07) is 0. The van der Waals surface area contributed by atoms with E-state index < -0.39 is 15.9 Å². The third-order valence-electron chi connectivity index (χ3n) is 10.9. The quantitative estimate of drug-likeness (QED) is 0.398. The number of aliphatic hydroxyl groups is 2. The van der Waals surface area contributed by atoms with Gasteiger partial charge in [0.25, 0.3) is 10.1 Å². The van der Waals surface area contributed by atoms with E-state index in [1.54, 1.807) is 0 Å². The first-order valence-electron chi connectivity index (χ1n) is 13.4. The summed E-state index contributed by atoms with van der Waals surface area (Å²) in [5.41, 5.74) is 0.411. The topological polar surface area (TPSA) is 124 Å². The molecule has 0 aromatic carbocycles. The van der Waals surface area contributed by atoms with Gasteiger partial charge in [0, 0.05) is 13.0 Å². The molecule has 1 amide bonds. The lowest BCUT2D eigenvalue weighted by atomic mass is 9.43. The molecule has 7 nitrogen and oxygen atoms in total.